The van der Waals surface area contributed by atoms with Gasteiger partial charge < -0.3 is 33.8 Å². The maximum atomic E-state index is 13.1. The maximum Gasteiger partial charge on any atom is 0.472 e. The predicted molar refractivity (Wildman–Crippen MR) is 405 cm³/mol. The Kier molecular flexibility index (Phi) is 71.6. The zero-order valence-electron chi connectivity index (χ0n) is 64.6. The van der Waals surface area contributed by atoms with Crippen molar-refractivity contribution in [2.24, 2.45) is 5.92 Å². The molecule has 0 aromatic rings. The van der Waals surface area contributed by atoms with E-state index in [1.165, 1.54) is 250 Å². The lowest BCUT2D eigenvalue weighted by Gasteiger charge is -2.21. The van der Waals surface area contributed by atoms with Crippen molar-refractivity contribution in [3.8, 4) is 0 Å². The second kappa shape index (κ2) is 73.0. The second-order valence-corrected chi connectivity index (χ2v) is 32.0. The van der Waals surface area contributed by atoms with Crippen LogP contribution in [-0.2, 0) is 65.4 Å². The molecule has 6 atom stereocenters. The topological polar surface area (TPSA) is 237 Å². The van der Waals surface area contributed by atoms with E-state index in [1.54, 1.807) is 0 Å². The first-order valence-corrected chi connectivity index (χ1v) is 44.7. The lowest BCUT2D eigenvalue weighted by molar-refractivity contribution is -0.161. The van der Waals surface area contributed by atoms with E-state index in [2.05, 4.69) is 34.6 Å². The van der Waals surface area contributed by atoms with Gasteiger partial charge in [0.05, 0.1) is 26.4 Å². The second-order valence-electron chi connectivity index (χ2n) is 29.1. The summed E-state index contributed by atoms with van der Waals surface area (Å²) in [6.45, 7) is 7.31. The molecule has 0 heterocycles. The quantitative estimate of drug-likeness (QED) is 0.0222. The molecular formula is C80H156O17P2. The molecule has 0 saturated carbocycles. The van der Waals surface area contributed by atoms with Crippen molar-refractivity contribution in [3.63, 3.8) is 0 Å². The van der Waals surface area contributed by atoms with Crippen LogP contribution in [0.1, 0.15) is 426 Å². The molecule has 99 heavy (non-hydrogen) atoms. The van der Waals surface area contributed by atoms with Gasteiger partial charge in [-0.2, -0.15) is 0 Å². The first-order valence-electron chi connectivity index (χ1n) is 41.7. The summed E-state index contributed by atoms with van der Waals surface area (Å²) in [7, 11) is -9.92. The van der Waals surface area contributed by atoms with Crippen LogP contribution in [-0.4, -0.2) is 96.7 Å². The molecule has 0 bridgehead atoms. The molecule has 0 aromatic heterocycles. The number of hydrogen-bond donors (Lipinski definition) is 3. The van der Waals surface area contributed by atoms with Gasteiger partial charge in [0.15, 0.2) is 12.2 Å². The smallest absolute Gasteiger partial charge is 0.462 e. The lowest BCUT2D eigenvalue weighted by atomic mass is 9.99. The Morgan fingerprint density at radius 1 is 0.283 bits per heavy atom. The first-order chi connectivity index (χ1) is 48.1. The minimum absolute atomic E-state index is 0.106. The number of unbranched alkanes of at least 4 members (excludes halogenated alkanes) is 51. The standard InChI is InChI=1S/C80H156O17P2/c1-6-10-13-16-19-22-25-27-29-30-31-32-33-34-35-36-38-41-44-50-55-60-65-79(84)96-75(69-91-78(83)64-59-54-49-43-40-37-28-26-23-20-17-14-11-7-2)71-94-98(86,87)92-67-74(81)68-93-99(88,89)95-72-76(70-90-77(82)63-58-53-48-42-39-24-21-18-15-12-8-3)97-80(85)66-61-56-51-46-45-47-52-57-62-73(5)9-4/h73-76,81H,6-72H2,1-5H3,(H,86,87)(H,88,89)/t73?,74-,75-,76-/m1/s1. The van der Waals surface area contributed by atoms with Crippen LogP contribution in [0.3, 0.4) is 0 Å². The van der Waals surface area contributed by atoms with Crippen molar-refractivity contribution in [2.45, 2.75) is 445 Å². The molecule has 19 heteroatoms. The highest BCUT2D eigenvalue weighted by Crippen LogP contribution is 2.45. The average molecular weight is 1450 g/mol. The van der Waals surface area contributed by atoms with Crippen molar-refractivity contribution in [3.05, 3.63) is 0 Å². The van der Waals surface area contributed by atoms with Gasteiger partial charge in [0.1, 0.15) is 19.3 Å². The van der Waals surface area contributed by atoms with E-state index < -0.39 is 97.5 Å². The van der Waals surface area contributed by atoms with Crippen molar-refractivity contribution in [2.75, 3.05) is 39.6 Å². The van der Waals surface area contributed by atoms with Crippen LogP contribution in [0.15, 0.2) is 0 Å². The number of phosphoric ester groups is 2. The van der Waals surface area contributed by atoms with Crippen LogP contribution < -0.4 is 0 Å². The molecule has 0 aliphatic rings. The third kappa shape index (κ3) is 72.8. The van der Waals surface area contributed by atoms with Crippen molar-refractivity contribution in [1.29, 1.82) is 0 Å². The number of phosphoric acid groups is 2. The van der Waals surface area contributed by atoms with E-state index in [-0.39, 0.29) is 25.7 Å². The monoisotopic (exact) mass is 1450 g/mol. The summed E-state index contributed by atoms with van der Waals surface area (Å²) in [5.74, 6) is -1.34. The lowest BCUT2D eigenvalue weighted by Crippen LogP contribution is -2.30. The fourth-order valence-corrected chi connectivity index (χ4v) is 14.0. The van der Waals surface area contributed by atoms with Gasteiger partial charge in [0.2, 0.25) is 0 Å². The molecule has 17 nitrogen and oxygen atoms in total. The van der Waals surface area contributed by atoms with Gasteiger partial charge in [0, 0.05) is 25.7 Å². The van der Waals surface area contributed by atoms with Crippen molar-refractivity contribution < 1.29 is 80.2 Å². The molecule has 3 unspecified atom stereocenters. The molecule has 0 spiro atoms. The highest BCUT2D eigenvalue weighted by Gasteiger charge is 2.30. The summed E-state index contributed by atoms with van der Waals surface area (Å²) in [4.78, 5) is 72.9. The van der Waals surface area contributed by atoms with Crippen LogP contribution >= 0.6 is 15.6 Å². The third-order valence-corrected chi connectivity index (χ3v) is 21.0. The van der Waals surface area contributed by atoms with Gasteiger partial charge in [-0.3, -0.25) is 37.3 Å². The summed E-state index contributed by atoms with van der Waals surface area (Å²) in [6.07, 6.45) is 63.8. The number of rotatable bonds is 80. The molecule has 588 valence electrons. The summed E-state index contributed by atoms with van der Waals surface area (Å²) in [5.41, 5.74) is 0. The maximum absolute atomic E-state index is 13.1. The fourth-order valence-electron chi connectivity index (χ4n) is 12.4. The van der Waals surface area contributed by atoms with E-state index in [1.807, 2.05) is 0 Å². The van der Waals surface area contributed by atoms with Crippen LogP contribution in [0, 0.1) is 5.92 Å². The Morgan fingerprint density at radius 2 is 0.485 bits per heavy atom. The molecule has 0 aromatic carbocycles. The van der Waals surface area contributed by atoms with Gasteiger partial charge in [-0.1, -0.05) is 375 Å². The Labute approximate surface area is 607 Å². The number of aliphatic hydroxyl groups is 1. The predicted octanol–water partition coefficient (Wildman–Crippen LogP) is 24.0. The zero-order chi connectivity index (χ0) is 72.7. The summed E-state index contributed by atoms with van der Waals surface area (Å²) in [5, 5.41) is 10.6. The summed E-state index contributed by atoms with van der Waals surface area (Å²) >= 11 is 0. The fraction of sp³-hybridized carbons (Fsp3) is 0.950. The molecule has 3 N–H and O–H groups in total. The van der Waals surface area contributed by atoms with E-state index in [4.69, 9.17) is 37.0 Å². The molecule has 0 fully saturated rings. The van der Waals surface area contributed by atoms with Gasteiger partial charge >= 0.3 is 39.5 Å². The zero-order valence-corrected chi connectivity index (χ0v) is 66.4. The molecule has 0 aliphatic carbocycles. The number of aliphatic hydroxyl groups excluding tert-OH is 1. The van der Waals surface area contributed by atoms with Crippen LogP contribution in [0.5, 0.6) is 0 Å². The highest BCUT2D eigenvalue weighted by molar-refractivity contribution is 7.47. The Morgan fingerprint density at radius 3 is 0.717 bits per heavy atom. The first kappa shape index (κ1) is 97.1. The molecule has 0 radical (unpaired) electrons. The third-order valence-electron chi connectivity index (χ3n) is 19.1. The summed E-state index contributed by atoms with van der Waals surface area (Å²) < 4.78 is 68.7. The van der Waals surface area contributed by atoms with Crippen molar-refractivity contribution in [1.82, 2.24) is 0 Å². The normalized spacial score (nSPS) is 14.1. The van der Waals surface area contributed by atoms with E-state index in [9.17, 15) is 43.2 Å². The van der Waals surface area contributed by atoms with E-state index in [0.29, 0.717) is 25.7 Å². The minimum atomic E-state index is -4.96. The summed E-state index contributed by atoms with van der Waals surface area (Å²) in [6, 6.07) is 0. The van der Waals surface area contributed by atoms with Gasteiger partial charge in [-0.15, -0.1) is 0 Å². The number of carbonyl (C=O) groups excluding carboxylic acids is 4. The average Bonchev–Trinajstić information content (AvgIpc) is 1.22. The molecule has 0 rings (SSSR count). The number of ether oxygens (including phenoxy) is 4. The number of esters is 4. The van der Waals surface area contributed by atoms with Crippen LogP contribution in [0.25, 0.3) is 0 Å². The van der Waals surface area contributed by atoms with Gasteiger partial charge in [0.25, 0.3) is 0 Å². The largest absolute Gasteiger partial charge is 0.472 e. The SMILES string of the molecule is CCCCCCCCCCCCCCCCCCCCCCCCC(=O)O[C@H](COC(=O)CCCCCCCCCCCCCCCC)COP(=O)(O)OC[C@@H](O)COP(=O)(O)OC[C@@H](COC(=O)CCCCCCCCCCCCC)OC(=O)CCCCCCCCCCC(C)CC. The number of hydrogen-bond acceptors (Lipinski definition) is 15. The van der Waals surface area contributed by atoms with Crippen molar-refractivity contribution >= 4 is 39.5 Å². The highest BCUT2D eigenvalue weighted by atomic mass is 31.2. The van der Waals surface area contributed by atoms with Crippen LogP contribution in [0.4, 0.5) is 0 Å². The minimum Gasteiger partial charge on any atom is -0.462 e. The van der Waals surface area contributed by atoms with Gasteiger partial charge in [-0.25, -0.2) is 9.13 Å². The van der Waals surface area contributed by atoms with Crippen LogP contribution in [0.2, 0.25) is 0 Å². The number of carbonyl (C=O) groups is 4. The van der Waals surface area contributed by atoms with E-state index in [0.717, 1.165) is 95.8 Å². The Balaban J connectivity index is 5.20. The Hall–Kier alpha value is -1.94. The van der Waals surface area contributed by atoms with Gasteiger partial charge in [-0.05, 0) is 31.6 Å². The Bertz CT molecular complexity index is 1890. The molecule has 0 amide bonds. The molecular weight excluding hydrogens is 1290 g/mol. The molecule has 0 aliphatic heterocycles. The van der Waals surface area contributed by atoms with E-state index >= 15 is 0 Å². The molecule has 0 saturated heterocycles.